The summed E-state index contributed by atoms with van der Waals surface area (Å²) < 4.78 is 10.8. The summed E-state index contributed by atoms with van der Waals surface area (Å²) in [6.45, 7) is 3.76. The first-order valence-corrected chi connectivity index (χ1v) is 6.86. The quantitative estimate of drug-likeness (QED) is 0.565. The number of hydrogen-bond acceptors (Lipinski definition) is 5. The van der Waals surface area contributed by atoms with Crippen LogP contribution in [0.3, 0.4) is 0 Å². The van der Waals surface area contributed by atoms with Crippen molar-refractivity contribution in [2.24, 2.45) is 17.3 Å². The zero-order valence-corrected chi connectivity index (χ0v) is 11.2. The van der Waals surface area contributed by atoms with Crippen molar-refractivity contribution in [3.63, 3.8) is 0 Å². The molecule has 5 heteroatoms. The van der Waals surface area contributed by atoms with Crippen molar-refractivity contribution < 1.29 is 23.9 Å². The second-order valence-corrected chi connectivity index (χ2v) is 6.21. The van der Waals surface area contributed by atoms with Crippen LogP contribution in [0.2, 0.25) is 0 Å². The van der Waals surface area contributed by atoms with Gasteiger partial charge in [0.2, 0.25) is 0 Å². The van der Waals surface area contributed by atoms with Crippen LogP contribution < -0.4 is 0 Å². The monoisotopic (exact) mass is 266 g/mol. The number of hydrogen-bond donors (Lipinski definition) is 0. The number of carbonyl (C=O) groups is 3. The molecule has 5 atom stereocenters. The summed E-state index contributed by atoms with van der Waals surface area (Å²) in [6.07, 6.45) is 1.08. The van der Waals surface area contributed by atoms with E-state index in [9.17, 15) is 14.4 Å². The fraction of sp³-hybridized carbons (Fsp3) is 0.786. The molecule has 104 valence electrons. The fourth-order valence-corrected chi connectivity index (χ4v) is 3.92. The Balaban J connectivity index is 1.71. The maximum Gasteiger partial charge on any atom is 0.313 e. The summed E-state index contributed by atoms with van der Waals surface area (Å²) in [4.78, 5) is 34.7. The van der Waals surface area contributed by atoms with Crippen molar-refractivity contribution in [1.82, 2.24) is 0 Å². The standard InChI is InChI=1S/C14H18O5/c1-3-7(15)4-10(16)18-12-11-8-5-14(12,2)6-9(8)13(17)19-11/h8-9,11-12H,3-6H2,1-2H3. The summed E-state index contributed by atoms with van der Waals surface area (Å²) in [5.41, 5.74) is -0.170. The number of ketones is 1. The molecule has 19 heavy (non-hydrogen) atoms. The highest BCUT2D eigenvalue weighted by molar-refractivity contribution is 5.95. The van der Waals surface area contributed by atoms with Gasteiger partial charge in [0.15, 0.2) is 0 Å². The van der Waals surface area contributed by atoms with Gasteiger partial charge in [0.1, 0.15) is 24.4 Å². The van der Waals surface area contributed by atoms with Crippen molar-refractivity contribution in [3.05, 3.63) is 0 Å². The minimum Gasteiger partial charge on any atom is -0.458 e. The highest BCUT2D eigenvalue weighted by Crippen LogP contribution is 2.62. The zero-order valence-electron chi connectivity index (χ0n) is 11.2. The largest absolute Gasteiger partial charge is 0.458 e. The average Bonchev–Trinajstić information content (AvgIpc) is 2.89. The van der Waals surface area contributed by atoms with Crippen molar-refractivity contribution in [2.75, 3.05) is 0 Å². The first-order chi connectivity index (χ1) is 8.94. The van der Waals surface area contributed by atoms with Crippen LogP contribution in [0, 0.1) is 17.3 Å². The Bertz CT molecular complexity index is 457. The van der Waals surface area contributed by atoms with E-state index in [1.807, 2.05) is 6.92 Å². The first kappa shape index (κ1) is 12.6. The Hall–Kier alpha value is -1.39. The van der Waals surface area contributed by atoms with E-state index >= 15 is 0 Å². The number of rotatable bonds is 4. The van der Waals surface area contributed by atoms with E-state index in [1.54, 1.807) is 6.92 Å². The number of carbonyl (C=O) groups excluding carboxylic acids is 3. The Morgan fingerprint density at radius 1 is 1.42 bits per heavy atom. The Morgan fingerprint density at radius 3 is 2.84 bits per heavy atom. The van der Waals surface area contributed by atoms with Crippen LogP contribution in [0.4, 0.5) is 0 Å². The van der Waals surface area contributed by atoms with Gasteiger partial charge in [-0.1, -0.05) is 13.8 Å². The summed E-state index contributed by atoms with van der Waals surface area (Å²) in [7, 11) is 0. The van der Waals surface area contributed by atoms with Crippen molar-refractivity contribution in [3.8, 4) is 0 Å². The number of Topliss-reactive ketones (excluding diaryl/α,β-unsaturated/α-hetero) is 1. The molecule has 0 aromatic rings. The van der Waals surface area contributed by atoms with Crippen LogP contribution >= 0.6 is 0 Å². The van der Waals surface area contributed by atoms with Gasteiger partial charge in [-0.05, 0) is 12.8 Å². The highest BCUT2D eigenvalue weighted by Gasteiger charge is 2.68. The first-order valence-electron chi connectivity index (χ1n) is 6.86. The molecule has 1 aliphatic heterocycles. The van der Waals surface area contributed by atoms with E-state index < -0.39 is 5.97 Å². The number of ether oxygens (including phenoxy) is 2. The van der Waals surface area contributed by atoms with E-state index in [4.69, 9.17) is 9.47 Å². The van der Waals surface area contributed by atoms with Crippen LogP contribution in [0.5, 0.6) is 0 Å². The Labute approximate surface area is 111 Å². The highest BCUT2D eigenvalue weighted by atomic mass is 16.6. The molecular formula is C14H18O5. The fourth-order valence-electron chi connectivity index (χ4n) is 3.92. The molecule has 3 fully saturated rings. The van der Waals surface area contributed by atoms with E-state index in [0.29, 0.717) is 6.42 Å². The lowest BCUT2D eigenvalue weighted by molar-refractivity contribution is -0.166. The summed E-state index contributed by atoms with van der Waals surface area (Å²) in [5.74, 6) is -0.592. The molecule has 5 nitrogen and oxygen atoms in total. The maximum absolute atomic E-state index is 11.8. The Morgan fingerprint density at radius 2 is 2.16 bits per heavy atom. The normalized spacial score (nSPS) is 42.3. The maximum atomic E-state index is 11.8. The molecule has 5 unspecified atom stereocenters. The van der Waals surface area contributed by atoms with Gasteiger partial charge in [-0.25, -0.2) is 0 Å². The van der Waals surface area contributed by atoms with Crippen LogP contribution in [0.15, 0.2) is 0 Å². The number of esters is 2. The molecule has 0 N–H and O–H groups in total. The molecule has 1 heterocycles. The zero-order chi connectivity index (χ0) is 13.8. The van der Waals surface area contributed by atoms with Crippen molar-refractivity contribution in [1.29, 1.82) is 0 Å². The van der Waals surface area contributed by atoms with Gasteiger partial charge in [0, 0.05) is 17.8 Å². The van der Waals surface area contributed by atoms with Gasteiger partial charge >= 0.3 is 11.9 Å². The molecule has 0 aromatic carbocycles. The van der Waals surface area contributed by atoms with E-state index in [-0.39, 0.29) is 47.6 Å². The van der Waals surface area contributed by atoms with Gasteiger partial charge in [-0.3, -0.25) is 14.4 Å². The summed E-state index contributed by atoms with van der Waals surface area (Å²) in [5, 5.41) is 0. The van der Waals surface area contributed by atoms with Crippen LogP contribution in [-0.2, 0) is 23.9 Å². The lowest BCUT2D eigenvalue weighted by Gasteiger charge is -2.32. The SMILES string of the molecule is CCC(=O)CC(=O)OC1C2OC(=O)C3CC1(C)CC32. The minimum absolute atomic E-state index is 0.0118. The van der Waals surface area contributed by atoms with Crippen LogP contribution in [0.25, 0.3) is 0 Å². The third-order valence-corrected chi connectivity index (χ3v) is 4.86. The van der Waals surface area contributed by atoms with Crippen molar-refractivity contribution >= 4 is 17.7 Å². The number of fused-ring (bicyclic) bond motifs is 1. The predicted octanol–water partition coefficient (Wildman–Crippen LogP) is 1.24. The van der Waals surface area contributed by atoms with E-state index in [0.717, 1.165) is 12.8 Å². The van der Waals surface area contributed by atoms with Crippen molar-refractivity contribution in [2.45, 2.75) is 51.7 Å². The molecule has 0 aromatic heterocycles. The molecular weight excluding hydrogens is 248 g/mol. The predicted molar refractivity (Wildman–Crippen MR) is 64.0 cm³/mol. The smallest absolute Gasteiger partial charge is 0.313 e. The molecule has 3 aliphatic rings. The van der Waals surface area contributed by atoms with Gasteiger partial charge in [0.05, 0.1) is 5.92 Å². The lowest BCUT2D eigenvalue weighted by atomic mass is 9.79. The molecule has 2 aliphatic carbocycles. The molecule has 1 saturated heterocycles. The van der Waals surface area contributed by atoms with Crippen LogP contribution in [-0.4, -0.2) is 29.9 Å². The topological polar surface area (TPSA) is 69.7 Å². The second-order valence-electron chi connectivity index (χ2n) is 6.21. The van der Waals surface area contributed by atoms with Crippen LogP contribution in [0.1, 0.15) is 39.5 Å². The lowest BCUT2D eigenvalue weighted by Crippen LogP contribution is -2.41. The molecule has 0 radical (unpaired) electrons. The average molecular weight is 266 g/mol. The molecule has 3 rings (SSSR count). The Kier molecular flexibility index (Phi) is 2.69. The summed E-state index contributed by atoms with van der Waals surface area (Å²) >= 11 is 0. The third-order valence-electron chi connectivity index (χ3n) is 4.86. The third kappa shape index (κ3) is 1.78. The molecule has 0 amide bonds. The van der Waals surface area contributed by atoms with E-state index in [1.165, 1.54) is 0 Å². The molecule has 0 spiro atoms. The summed E-state index contributed by atoms with van der Waals surface area (Å²) in [6, 6.07) is 0. The molecule has 2 saturated carbocycles. The molecule has 2 bridgehead atoms. The van der Waals surface area contributed by atoms with Gasteiger partial charge < -0.3 is 9.47 Å². The van der Waals surface area contributed by atoms with Gasteiger partial charge in [0.25, 0.3) is 0 Å². The van der Waals surface area contributed by atoms with E-state index in [2.05, 4.69) is 0 Å². The van der Waals surface area contributed by atoms with Gasteiger partial charge in [-0.15, -0.1) is 0 Å². The second kappa shape index (κ2) is 4.05. The minimum atomic E-state index is -0.495. The van der Waals surface area contributed by atoms with Gasteiger partial charge in [-0.2, -0.15) is 0 Å².